The third kappa shape index (κ3) is 2.64. The van der Waals surface area contributed by atoms with Crippen molar-refractivity contribution in [3.05, 3.63) is 58.9 Å². The van der Waals surface area contributed by atoms with Crippen LogP contribution in [0.3, 0.4) is 0 Å². The number of pyridine rings is 1. The molecule has 15 heavy (non-hydrogen) atoms. The first kappa shape index (κ1) is 10.3. The molecule has 0 spiro atoms. The fraction of sp³-hybridized carbons (Fsp3) is 0. The van der Waals surface area contributed by atoms with Crippen LogP contribution in [0.1, 0.15) is 0 Å². The van der Waals surface area contributed by atoms with Gasteiger partial charge in [-0.3, -0.25) is 0 Å². The van der Waals surface area contributed by atoms with Crippen LogP contribution in [-0.4, -0.2) is 0 Å². The molecular weight excluding hydrogens is 230 g/mol. The number of hydrogen-bond acceptors (Lipinski definition) is 2. The van der Waals surface area contributed by atoms with Crippen molar-refractivity contribution < 1.29 is 4.73 Å². The van der Waals surface area contributed by atoms with Crippen LogP contribution >= 0.6 is 23.4 Å². The van der Waals surface area contributed by atoms with Crippen LogP contribution in [0.5, 0.6) is 0 Å². The van der Waals surface area contributed by atoms with E-state index in [1.165, 1.54) is 18.0 Å². The van der Waals surface area contributed by atoms with E-state index in [2.05, 4.69) is 0 Å². The van der Waals surface area contributed by atoms with Crippen molar-refractivity contribution >= 4 is 23.4 Å². The van der Waals surface area contributed by atoms with Crippen LogP contribution < -0.4 is 4.73 Å². The topological polar surface area (TPSA) is 26.9 Å². The molecule has 0 N–H and O–H groups in total. The molecule has 0 saturated carbocycles. The predicted octanol–water partition coefficient (Wildman–Crippen LogP) is 3.12. The Bertz CT molecular complexity index is 458. The Hall–Kier alpha value is -1.19. The van der Waals surface area contributed by atoms with E-state index in [4.69, 9.17) is 11.6 Å². The monoisotopic (exact) mass is 237 g/mol. The molecule has 0 saturated heterocycles. The van der Waals surface area contributed by atoms with E-state index in [1.54, 1.807) is 12.1 Å². The molecule has 0 bridgehead atoms. The van der Waals surface area contributed by atoms with E-state index < -0.39 is 0 Å². The van der Waals surface area contributed by atoms with Crippen molar-refractivity contribution in [2.75, 3.05) is 0 Å². The van der Waals surface area contributed by atoms with Gasteiger partial charge in [0.05, 0.1) is 0 Å². The van der Waals surface area contributed by atoms with E-state index in [0.717, 1.165) is 9.63 Å². The van der Waals surface area contributed by atoms with Crippen molar-refractivity contribution in [3.63, 3.8) is 0 Å². The smallest absolute Gasteiger partial charge is 0.256 e. The second-order valence-corrected chi connectivity index (χ2v) is 4.45. The highest BCUT2D eigenvalue weighted by Crippen LogP contribution is 2.25. The molecule has 4 heteroatoms. The lowest BCUT2D eigenvalue weighted by molar-refractivity contribution is -0.645. The second-order valence-electron chi connectivity index (χ2n) is 2.92. The molecule has 0 aliphatic carbocycles. The zero-order valence-corrected chi connectivity index (χ0v) is 9.33. The molecule has 2 aromatic rings. The lowest BCUT2D eigenvalue weighted by Gasteiger charge is -2.02. The van der Waals surface area contributed by atoms with Gasteiger partial charge in [0.25, 0.3) is 5.03 Å². The Morgan fingerprint density at radius 3 is 2.47 bits per heavy atom. The first-order chi connectivity index (χ1) is 7.25. The summed E-state index contributed by atoms with van der Waals surface area (Å²) in [5.41, 5.74) is 0. The molecule has 1 heterocycles. The minimum atomic E-state index is 0.653. The maximum absolute atomic E-state index is 11.4. The van der Waals surface area contributed by atoms with Crippen LogP contribution in [0.2, 0.25) is 5.02 Å². The van der Waals surface area contributed by atoms with Crippen molar-refractivity contribution in [1.29, 1.82) is 0 Å². The number of halogens is 1. The normalized spacial score (nSPS) is 10.2. The Morgan fingerprint density at radius 2 is 1.80 bits per heavy atom. The van der Waals surface area contributed by atoms with Crippen molar-refractivity contribution in [2.45, 2.75) is 9.92 Å². The van der Waals surface area contributed by atoms with Crippen LogP contribution in [0, 0.1) is 5.21 Å². The summed E-state index contributed by atoms with van der Waals surface area (Å²) in [5.74, 6) is 0. The SMILES string of the molecule is [O-][n+]1ccccc1Sc1ccc(Cl)cc1. The van der Waals surface area contributed by atoms with Crippen molar-refractivity contribution in [1.82, 2.24) is 0 Å². The van der Waals surface area contributed by atoms with Crippen LogP contribution in [0.25, 0.3) is 0 Å². The molecule has 0 atom stereocenters. The van der Waals surface area contributed by atoms with E-state index in [9.17, 15) is 5.21 Å². The fourth-order valence-electron chi connectivity index (χ4n) is 1.12. The highest BCUT2D eigenvalue weighted by Gasteiger charge is 2.05. The first-order valence-corrected chi connectivity index (χ1v) is 5.57. The predicted molar refractivity (Wildman–Crippen MR) is 61.0 cm³/mol. The van der Waals surface area contributed by atoms with Crippen molar-refractivity contribution in [2.24, 2.45) is 0 Å². The molecule has 1 aromatic heterocycles. The quantitative estimate of drug-likeness (QED) is 0.593. The summed E-state index contributed by atoms with van der Waals surface area (Å²) in [6, 6.07) is 12.7. The number of aromatic nitrogens is 1. The highest BCUT2D eigenvalue weighted by atomic mass is 35.5. The minimum Gasteiger partial charge on any atom is -0.618 e. The van der Waals surface area contributed by atoms with Gasteiger partial charge in [0.1, 0.15) is 0 Å². The lowest BCUT2D eigenvalue weighted by Crippen LogP contribution is -2.27. The molecule has 76 valence electrons. The zero-order chi connectivity index (χ0) is 10.7. The maximum atomic E-state index is 11.4. The van der Waals surface area contributed by atoms with Gasteiger partial charge < -0.3 is 5.21 Å². The molecule has 0 radical (unpaired) electrons. The molecule has 1 aromatic carbocycles. The summed E-state index contributed by atoms with van der Waals surface area (Å²) >= 11 is 7.18. The molecular formula is C11H8ClNOS. The lowest BCUT2D eigenvalue weighted by atomic mass is 10.4. The van der Waals surface area contributed by atoms with E-state index >= 15 is 0 Å². The van der Waals surface area contributed by atoms with Gasteiger partial charge in [-0.05, 0) is 42.1 Å². The molecule has 0 aliphatic rings. The summed E-state index contributed by atoms with van der Waals surface area (Å²) in [5, 5.41) is 12.7. The van der Waals surface area contributed by atoms with E-state index in [-0.39, 0.29) is 0 Å². The number of hydrogen-bond donors (Lipinski definition) is 0. The summed E-state index contributed by atoms with van der Waals surface area (Å²) in [6.07, 6.45) is 1.48. The standard InChI is InChI=1S/C11H8ClNOS/c12-9-4-6-10(7-5-9)15-11-3-1-2-8-13(11)14/h1-8H. The van der Waals surface area contributed by atoms with Gasteiger partial charge in [0.2, 0.25) is 0 Å². The summed E-state index contributed by atoms with van der Waals surface area (Å²) in [4.78, 5) is 0.996. The average molecular weight is 238 g/mol. The maximum Gasteiger partial charge on any atom is 0.256 e. The Labute approximate surface area is 97.1 Å². The number of nitrogens with zero attached hydrogens (tertiary/aromatic N) is 1. The largest absolute Gasteiger partial charge is 0.618 e. The third-order valence-corrected chi connectivity index (χ3v) is 3.11. The highest BCUT2D eigenvalue weighted by molar-refractivity contribution is 7.99. The van der Waals surface area contributed by atoms with Gasteiger partial charge in [-0.1, -0.05) is 11.6 Å². The Kier molecular flexibility index (Phi) is 3.14. The molecule has 2 rings (SSSR count). The first-order valence-electron chi connectivity index (χ1n) is 4.37. The van der Waals surface area contributed by atoms with Gasteiger partial charge in [-0.15, -0.1) is 0 Å². The zero-order valence-electron chi connectivity index (χ0n) is 7.76. The van der Waals surface area contributed by atoms with Gasteiger partial charge in [0, 0.05) is 22.1 Å². The van der Waals surface area contributed by atoms with Gasteiger partial charge >= 0.3 is 0 Å². The van der Waals surface area contributed by atoms with Gasteiger partial charge in [-0.2, -0.15) is 4.73 Å². The number of rotatable bonds is 2. The summed E-state index contributed by atoms with van der Waals surface area (Å²) in [7, 11) is 0. The number of benzene rings is 1. The van der Waals surface area contributed by atoms with E-state index in [0.29, 0.717) is 10.0 Å². The van der Waals surface area contributed by atoms with Crippen LogP contribution in [0.4, 0.5) is 0 Å². The third-order valence-electron chi connectivity index (χ3n) is 1.82. The molecule has 0 amide bonds. The molecule has 2 nitrogen and oxygen atoms in total. The average Bonchev–Trinajstić information content (AvgIpc) is 2.25. The van der Waals surface area contributed by atoms with Gasteiger partial charge in [0.15, 0.2) is 6.20 Å². The second kappa shape index (κ2) is 4.55. The van der Waals surface area contributed by atoms with Gasteiger partial charge in [-0.25, -0.2) is 0 Å². The van der Waals surface area contributed by atoms with E-state index in [1.807, 2.05) is 30.3 Å². The minimum absolute atomic E-state index is 0.653. The molecule has 0 aliphatic heterocycles. The fourth-order valence-corrected chi connectivity index (χ4v) is 2.05. The summed E-state index contributed by atoms with van der Waals surface area (Å²) < 4.78 is 0.847. The Balaban J connectivity index is 2.22. The Morgan fingerprint density at radius 1 is 1.07 bits per heavy atom. The summed E-state index contributed by atoms with van der Waals surface area (Å²) in [6.45, 7) is 0. The van der Waals surface area contributed by atoms with Crippen LogP contribution in [0.15, 0.2) is 58.6 Å². The molecule has 0 unspecified atom stereocenters. The van der Waals surface area contributed by atoms with Crippen molar-refractivity contribution in [3.8, 4) is 0 Å². The van der Waals surface area contributed by atoms with Crippen LogP contribution in [-0.2, 0) is 0 Å². The molecule has 0 fully saturated rings.